The molecule has 1 amide bonds. The summed E-state index contributed by atoms with van der Waals surface area (Å²) in [6.45, 7) is 0. The second-order valence-corrected chi connectivity index (χ2v) is 2.38. The molecule has 3 nitrogen and oxygen atoms in total. The van der Waals surface area contributed by atoms with Crippen LogP contribution in [0.15, 0.2) is 41.1 Å². The number of rotatable bonds is 2. The van der Waals surface area contributed by atoms with E-state index in [1.807, 2.05) is 12.2 Å². The van der Waals surface area contributed by atoms with Gasteiger partial charge >= 0.3 is 0 Å². The van der Waals surface area contributed by atoms with Crippen LogP contribution in [0.5, 0.6) is 0 Å². The normalized spacial score (nSPS) is 15.2. The molecule has 3 heteroatoms. The van der Waals surface area contributed by atoms with E-state index in [1.165, 1.54) is 0 Å². The van der Waals surface area contributed by atoms with E-state index in [9.17, 15) is 4.79 Å². The van der Waals surface area contributed by atoms with E-state index in [0.717, 1.165) is 5.57 Å². The second-order valence-electron chi connectivity index (χ2n) is 2.38. The van der Waals surface area contributed by atoms with Gasteiger partial charge in [0.1, 0.15) is 0 Å². The van der Waals surface area contributed by atoms with Gasteiger partial charge in [0.2, 0.25) is 5.91 Å². The number of allylic oxidation sites excluding steroid dienone is 4. The molecule has 1 aliphatic heterocycles. The number of carbonyl (C=O) groups is 1. The molecule has 0 spiro atoms. The van der Waals surface area contributed by atoms with E-state index >= 15 is 0 Å². The summed E-state index contributed by atoms with van der Waals surface area (Å²) in [5.41, 5.74) is 5.91. The molecule has 0 aromatic rings. The van der Waals surface area contributed by atoms with Crippen molar-refractivity contribution in [3.8, 4) is 0 Å². The highest BCUT2D eigenvalue weighted by Crippen LogP contribution is 2.03. The lowest BCUT2D eigenvalue weighted by molar-refractivity contribution is -0.117. The molecule has 0 unspecified atom stereocenters. The smallest absolute Gasteiger partial charge is 0.221 e. The Bertz CT molecular complexity index is 285. The molecule has 0 saturated heterocycles. The van der Waals surface area contributed by atoms with Gasteiger partial charge in [-0.05, 0) is 17.7 Å². The van der Waals surface area contributed by atoms with Crippen LogP contribution >= 0.6 is 0 Å². The SMILES string of the molecule is NC(=O)CC1=CC=NC=CC=C1. The van der Waals surface area contributed by atoms with Gasteiger partial charge in [-0.1, -0.05) is 12.2 Å². The van der Waals surface area contributed by atoms with Crippen LogP contribution in [-0.4, -0.2) is 12.1 Å². The highest BCUT2D eigenvalue weighted by Gasteiger charge is 1.96. The first-order valence-electron chi connectivity index (χ1n) is 3.63. The van der Waals surface area contributed by atoms with E-state index in [1.54, 1.807) is 24.6 Å². The highest BCUT2D eigenvalue weighted by molar-refractivity contribution is 5.81. The average Bonchev–Trinajstić information content (AvgIpc) is 1.93. The van der Waals surface area contributed by atoms with Gasteiger partial charge in [-0.3, -0.25) is 9.79 Å². The Morgan fingerprint density at radius 3 is 3.08 bits per heavy atom. The molecule has 1 aliphatic rings. The van der Waals surface area contributed by atoms with Crippen molar-refractivity contribution in [2.24, 2.45) is 10.7 Å². The Morgan fingerprint density at radius 1 is 1.50 bits per heavy atom. The van der Waals surface area contributed by atoms with Crippen LogP contribution in [0.25, 0.3) is 0 Å². The summed E-state index contributed by atoms with van der Waals surface area (Å²) >= 11 is 0. The van der Waals surface area contributed by atoms with E-state index in [0.29, 0.717) is 0 Å². The minimum atomic E-state index is -0.330. The van der Waals surface area contributed by atoms with Gasteiger partial charge < -0.3 is 5.73 Å². The van der Waals surface area contributed by atoms with Gasteiger partial charge in [0.05, 0.1) is 6.42 Å². The van der Waals surface area contributed by atoms with E-state index < -0.39 is 0 Å². The van der Waals surface area contributed by atoms with Crippen molar-refractivity contribution in [2.75, 3.05) is 0 Å². The van der Waals surface area contributed by atoms with Gasteiger partial charge in [-0.2, -0.15) is 0 Å². The van der Waals surface area contributed by atoms with Crippen LogP contribution in [-0.2, 0) is 4.79 Å². The van der Waals surface area contributed by atoms with Crippen LogP contribution in [0.1, 0.15) is 6.42 Å². The summed E-state index contributed by atoms with van der Waals surface area (Å²) in [5.74, 6) is -0.330. The summed E-state index contributed by atoms with van der Waals surface area (Å²) < 4.78 is 0. The van der Waals surface area contributed by atoms with E-state index in [4.69, 9.17) is 5.73 Å². The summed E-state index contributed by atoms with van der Waals surface area (Å²) in [4.78, 5) is 14.5. The molecule has 12 heavy (non-hydrogen) atoms. The third-order valence-corrected chi connectivity index (χ3v) is 1.35. The van der Waals surface area contributed by atoms with Gasteiger partial charge in [0.25, 0.3) is 0 Å². The minimum Gasteiger partial charge on any atom is -0.369 e. The zero-order chi connectivity index (χ0) is 8.81. The lowest BCUT2D eigenvalue weighted by atomic mass is 10.1. The van der Waals surface area contributed by atoms with Gasteiger partial charge in [0, 0.05) is 12.4 Å². The Hall–Kier alpha value is -1.64. The van der Waals surface area contributed by atoms with Crippen molar-refractivity contribution in [1.29, 1.82) is 0 Å². The largest absolute Gasteiger partial charge is 0.369 e. The molecule has 0 aliphatic carbocycles. The Balaban J connectivity index is 2.69. The molecular formula is C9H10N2O. The van der Waals surface area contributed by atoms with Crippen molar-refractivity contribution < 1.29 is 4.79 Å². The number of hydrogen-bond acceptors (Lipinski definition) is 2. The summed E-state index contributed by atoms with van der Waals surface area (Å²) in [6.07, 6.45) is 10.8. The van der Waals surface area contributed by atoms with E-state index in [-0.39, 0.29) is 12.3 Å². The van der Waals surface area contributed by atoms with Crippen molar-refractivity contribution in [3.63, 3.8) is 0 Å². The van der Waals surface area contributed by atoms with Gasteiger partial charge in [-0.15, -0.1) is 0 Å². The molecule has 0 atom stereocenters. The third-order valence-electron chi connectivity index (χ3n) is 1.35. The lowest BCUT2D eigenvalue weighted by Gasteiger charge is -1.96. The van der Waals surface area contributed by atoms with Gasteiger partial charge in [0.15, 0.2) is 0 Å². The molecule has 0 aromatic carbocycles. The summed E-state index contributed by atoms with van der Waals surface area (Å²) in [5, 5.41) is 0. The van der Waals surface area contributed by atoms with Gasteiger partial charge in [-0.25, -0.2) is 0 Å². The Labute approximate surface area is 71.0 Å². The fraction of sp³-hybridized carbons (Fsp3) is 0.111. The molecule has 0 radical (unpaired) electrons. The molecule has 0 aromatic heterocycles. The average molecular weight is 162 g/mol. The lowest BCUT2D eigenvalue weighted by Crippen LogP contribution is -2.10. The molecule has 1 rings (SSSR count). The minimum absolute atomic E-state index is 0.260. The van der Waals surface area contributed by atoms with Crippen molar-refractivity contribution in [1.82, 2.24) is 0 Å². The van der Waals surface area contributed by atoms with Crippen molar-refractivity contribution >= 4 is 12.1 Å². The topological polar surface area (TPSA) is 55.5 Å². The van der Waals surface area contributed by atoms with Crippen LogP contribution in [0, 0.1) is 0 Å². The number of hydrogen-bond donors (Lipinski definition) is 1. The number of carbonyl (C=O) groups excluding carboxylic acids is 1. The number of aliphatic imine (C=N–C) groups is 1. The van der Waals surface area contributed by atoms with Crippen molar-refractivity contribution in [3.05, 3.63) is 36.1 Å². The number of primary amides is 1. The molecule has 2 N–H and O–H groups in total. The number of amides is 1. The zero-order valence-corrected chi connectivity index (χ0v) is 6.60. The van der Waals surface area contributed by atoms with Crippen LogP contribution in [0.2, 0.25) is 0 Å². The fourth-order valence-electron chi connectivity index (χ4n) is 0.842. The zero-order valence-electron chi connectivity index (χ0n) is 6.60. The predicted molar refractivity (Wildman–Crippen MR) is 48.7 cm³/mol. The molecule has 0 fully saturated rings. The number of nitrogens with zero attached hydrogens (tertiary/aromatic N) is 1. The van der Waals surface area contributed by atoms with Crippen LogP contribution < -0.4 is 5.73 Å². The van der Waals surface area contributed by atoms with Crippen LogP contribution in [0.4, 0.5) is 0 Å². The predicted octanol–water partition coefficient (Wildman–Crippen LogP) is 0.943. The molecular weight excluding hydrogens is 152 g/mol. The maximum Gasteiger partial charge on any atom is 0.221 e. The Kier molecular flexibility index (Phi) is 3.02. The van der Waals surface area contributed by atoms with Crippen LogP contribution in [0.3, 0.4) is 0 Å². The third kappa shape index (κ3) is 2.96. The first-order valence-corrected chi connectivity index (χ1v) is 3.63. The van der Waals surface area contributed by atoms with E-state index in [2.05, 4.69) is 4.99 Å². The standard InChI is InChI=1S/C9H10N2O/c10-9(12)7-8-3-1-2-5-11-6-4-8/h1-6H,7H2,(H2,10,12). The fourth-order valence-corrected chi connectivity index (χ4v) is 0.842. The quantitative estimate of drug-likeness (QED) is 0.645. The Morgan fingerprint density at radius 2 is 2.33 bits per heavy atom. The highest BCUT2D eigenvalue weighted by atomic mass is 16.1. The summed E-state index contributed by atoms with van der Waals surface area (Å²) in [6, 6.07) is 0. The van der Waals surface area contributed by atoms with Crippen molar-refractivity contribution in [2.45, 2.75) is 6.42 Å². The number of nitrogens with two attached hydrogens (primary N) is 1. The molecule has 62 valence electrons. The maximum atomic E-state index is 10.6. The summed E-state index contributed by atoms with van der Waals surface area (Å²) in [7, 11) is 0. The molecule has 0 bridgehead atoms. The monoisotopic (exact) mass is 162 g/mol. The first kappa shape index (κ1) is 8.46. The molecule has 0 saturated carbocycles. The first-order chi connectivity index (χ1) is 5.79. The maximum absolute atomic E-state index is 10.6. The second kappa shape index (κ2) is 4.28. The molecule has 1 heterocycles.